The highest BCUT2D eigenvalue weighted by molar-refractivity contribution is 7.87. The van der Waals surface area contributed by atoms with E-state index in [-0.39, 0.29) is 6.54 Å². The molecule has 2 aromatic rings. The van der Waals surface area contributed by atoms with Gasteiger partial charge in [-0.2, -0.15) is 17.4 Å². The number of nitrogens with one attached hydrogen (secondary N) is 2. The van der Waals surface area contributed by atoms with Gasteiger partial charge in [0.25, 0.3) is 10.2 Å². The molecule has 0 saturated carbocycles. The van der Waals surface area contributed by atoms with Gasteiger partial charge in [0.15, 0.2) is 0 Å². The van der Waals surface area contributed by atoms with Gasteiger partial charge >= 0.3 is 0 Å². The summed E-state index contributed by atoms with van der Waals surface area (Å²) in [4.78, 5) is 6.87. The van der Waals surface area contributed by atoms with Gasteiger partial charge in [-0.1, -0.05) is 24.3 Å². The summed E-state index contributed by atoms with van der Waals surface area (Å²) in [6, 6.07) is 7.95. The number of aromatic amines is 1. The molecular weight excluding hydrogens is 276 g/mol. The van der Waals surface area contributed by atoms with Crippen LogP contribution in [0.3, 0.4) is 0 Å². The Morgan fingerprint density at radius 2 is 2.10 bits per heavy atom. The van der Waals surface area contributed by atoms with Crippen molar-refractivity contribution in [3.8, 4) is 0 Å². The van der Waals surface area contributed by atoms with E-state index in [1.165, 1.54) is 9.87 Å². The van der Waals surface area contributed by atoms with Crippen LogP contribution in [0.1, 0.15) is 17.0 Å². The Labute approximate surface area is 118 Å². The predicted octanol–water partition coefficient (Wildman–Crippen LogP) is 0.802. The number of H-pyrrole nitrogens is 1. The van der Waals surface area contributed by atoms with Crippen molar-refractivity contribution in [3.63, 3.8) is 0 Å². The quantitative estimate of drug-likeness (QED) is 0.875. The third-order valence-electron chi connectivity index (χ3n) is 3.41. The number of fused-ring (bicyclic) bond motifs is 1. The zero-order valence-corrected chi connectivity index (χ0v) is 11.7. The molecule has 2 N–H and O–H groups in total. The minimum absolute atomic E-state index is 0.174. The first-order valence-electron chi connectivity index (χ1n) is 6.45. The fourth-order valence-electron chi connectivity index (χ4n) is 2.32. The summed E-state index contributed by atoms with van der Waals surface area (Å²) in [5, 5.41) is 0. The van der Waals surface area contributed by atoms with Crippen molar-refractivity contribution in [3.05, 3.63) is 53.6 Å². The first-order chi connectivity index (χ1) is 9.65. The molecule has 0 spiro atoms. The molecule has 1 aliphatic rings. The summed E-state index contributed by atoms with van der Waals surface area (Å²) in [7, 11) is -3.48. The minimum Gasteiger partial charge on any atom is -0.347 e. The van der Waals surface area contributed by atoms with Crippen LogP contribution in [0.25, 0.3) is 0 Å². The van der Waals surface area contributed by atoms with Crippen molar-refractivity contribution >= 4 is 10.2 Å². The van der Waals surface area contributed by atoms with Crippen LogP contribution >= 0.6 is 0 Å². The minimum atomic E-state index is -3.48. The van der Waals surface area contributed by atoms with Crippen LogP contribution in [0.2, 0.25) is 0 Å². The summed E-state index contributed by atoms with van der Waals surface area (Å²) in [5.41, 5.74) is 2.30. The normalized spacial score (nSPS) is 16.0. The number of imidazole rings is 1. The molecule has 1 aromatic carbocycles. The molecule has 0 saturated heterocycles. The molecule has 1 aromatic heterocycles. The van der Waals surface area contributed by atoms with Crippen molar-refractivity contribution in [1.29, 1.82) is 0 Å². The fourth-order valence-corrected chi connectivity index (χ4v) is 3.46. The number of hydrogen-bond donors (Lipinski definition) is 2. The van der Waals surface area contributed by atoms with Gasteiger partial charge in [-0.15, -0.1) is 0 Å². The van der Waals surface area contributed by atoms with E-state index in [0.29, 0.717) is 18.9 Å². The third-order valence-corrected chi connectivity index (χ3v) is 4.91. The molecule has 0 atom stereocenters. The van der Waals surface area contributed by atoms with Crippen molar-refractivity contribution in [2.75, 3.05) is 6.54 Å². The lowest BCUT2D eigenvalue weighted by Crippen LogP contribution is -2.43. The molecule has 7 heteroatoms. The third kappa shape index (κ3) is 2.74. The second-order valence-electron chi connectivity index (χ2n) is 4.71. The van der Waals surface area contributed by atoms with E-state index in [9.17, 15) is 8.42 Å². The Balaban J connectivity index is 1.70. The zero-order valence-electron chi connectivity index (χ0n) is 10.9. The Bertz CT molecular complexity index is 682. The van der Waals surface area contributed by atoms with Crippen molar-refractivity contribution in [1.82, 2.24) is 19.0 Å². The average Bonchev–Trinajstić information content (AvgIpc) is 2.98. The molecule has 0 unspecified atom stereocenters. The largest absolute Gasteiger partial charge is 0.347 e. The van der Waals surface area contributed by atoms with Crippen LogP contribution in [-0.4, -0.2) is 29.2 Å². The maximum Gasteiger partial charge on any atom is 0.280 e. The van der Waals surface area contributed by atoms with E-state index in [1.54, 1.807) is 12.4 Å². The number of benzene rings is 1. The highest BCUT2D eigenvalue weighted by atomic mass is 32.2. The van der Waals surface area contributed by atoms with Crippen LogP contribution in [0.4, 0.5) is 0 Å². The molecule has 3 rings (SSSR count). The van der Waals surface area contributed by atoms with Gasteiger partial charge in [0, 0.05) is 25.5 Å². The molecule has 0 aliphatic carbocycles. The van der Waals surface area contributed by atoms with Gasteiger partial charge in [0.2, 0.25) is 0 Å². The molecule has 0 radical (unpaired) electrons. The first kappa shape index (κ1) is 13.3. The maximum absolute atomic E-state index is 12.3. The molecule has 1 aliphatic heterocycles. The van der Waals surface area contributed by atoms with Crippen LogP contribution in [-0.2, 0) is 29.7 Å². The lowest BCUT2D eigenvalue weighted by molar-refractivity contribution is 0.383. The monoisotopic (exact) mass is 292 g/mol. The number of hydrogen-bond acceptors (Lipinski definition) is 3. The molecule has 20 heavy (non-hydrogen) atoms. The molecule has 0 bridgehead atoms. The van der Waals surface area contributed by atoms with Gasteiger partial charge in [0.1, 0.15) is 5.82 Å². The lowest BCUT2D eigenvalue weighted by atomic mass is 10.0. The van der Waals surface area contributed by atoms with Crippen LogP contribution in [0.15, 0.2) is 36.7 Å². The first-order valence-corrected chi connectivity index (χ1v) is 7.89. The standard InChI is InChI=1S/C13H16N4O2S/c18-20(19,16-9-13-14-6-7-15-13)17-8-5-11-3-1-2-4-12(11)10-17/h1-4,6-7,16H,5,8-10H2,(H,14,15). The van der Waals surface area contributed by atoms with Crippen molar-refractivity contribution < 1.29 is 8.42 Å². The summed E-state index contributed by atoms with van der Waals surface area (Å²) in [5.74, 6) is 0.603. The van der Waals surface area contributed by atoms with Crippen molar-refractivity contribution in [2.45, 2.75) is 19.5 Å². The lowest BCUT2D eigenvalue weighted by Gasteiger charge is -2.27. The van der Waals surface area contributed by atoms with Crippen LogP contribution < -0.4 is 4.72 Å². The topological polar surface area (TPSA) is 78.1 Å². The Morgan fingerprint density at radius 1 is 1.30 bits per heavy atom. The van der Waals surface area contributed by atoms with E-state index >= 15 is 0 Å². The van der Waals surface area contributed by atoms with Crippen molar-refractivity contribution in [2.24, 2.45) is 0 Å². The SMILES string of the molecule is O=S(=O)(NCc1ncc[nH]1)N1CCc2ccccc2C1. The molecule has 2 heterocycles. The Morgan fingerprint density at radius 3 is 2.85 bits per heavy atom. The fraction of sp³-hybridized carbons (Fsp3) is 0.308. The molecular formula is C13H16N4O2S. The van der Waals surface area contributed by atoms with Gasteiger partial charge in [-0.25, -0.2) is 4.98 Å². The summed E-state index contributed by atoms with van der Waals surface area (Å²) >= 11 is 0. The zero-order chi connectivity index (χ0) is 14.0. The van der Waals surface area contributed by atoms with E-state index in [0.717, 1.165) is 12.0 Å². The van der Waals surface area contributed by atoms with Crippen LogP contribution in [0, 0.1) is 0 Å². The Hall–Kier alpha value is -1.70. The van der Waals surface area contributed by atoms with E-state index in [2.05, 4.69) is 20.8 Å². The predicted molar refractivity (Wildman–Crippen MR) is 74.9 cm³/mol. The van der Waals surface area contributed by atoms with Gasteiger partial charge in [0.05, 0.1) is 6.54 Å². The molecule has 0 fully saturated rings. The average molecular weight is 292 g/mol. The number of rotatable bonds is 4. The molecule has 106 valence electrons. The van der Waals surface area contributed by atoms with E-state index in [4.69, 9.17) is 0 Å². The van der Waals surface area contributed by atoms with E-state index in [1.807, 2.05) is 18.2 Å². The smallest absolute Gasteiger partial charge is 0.280 e. The highest BCUT2D eigenvalue weighted by Crippen LogP contribution is 2.20. The highest BCUT2D eigenvalue weighted by Gasteiger charge is 2.26. The van der Waals surface area contributed by atoms with E-state index < -0.39 is 10.2 Å². The molecule has 0 amide bonds. The number of aromatic nitrogens is 2. The van der Waals surface area contributed by atoms with Crippen LogP contribution in [0.5, 0.6) is 0 Å². The second kappa shape index (κ2) is 5.35. The summed E-state index contributed by atoms with van der Waals surface area (Å²) in [6.07, 6.45) is 4.01. The Kier molecular flexibility index (Phi) is 3.56. The number of nitrogens with zero attached hydrogens (tertiary/aromatic N) is 2. The molecule has 6 nitrogen and oxygen atoms in total. The second-order valence-corrected chi connectivity index (χ2v) is 6.47. The van der Waals surface area contributed by atoms with Gasteiger partial charge in [-0.05, 0) is 17.5 Å². The van der Waals surface area contributed by atoms with Gasteiger partial charge in [-0.3, -0.25) is 0 Å². The summed E-state index contributed by atoms with van der Waals surface area (Å²) < 4.78 is 28.6. The maximum atomic E-state index is 12.3. The van der Waals surface area contributed by atoms with Gasteiger partial charge < -0.3 is 4.98 Å². The summed E-state index contributed by atoms with van der Waals surface area (Å²) in [6.45, 7) is 1.10.